The second kappa shape index (κ2) is 12.6. The average molecular weight is 376 g/mol. The summed E-state index contributed by atoms with van der Waals surface area (Å²) < 4.78 is 22.9. The molecule has 0 unspecified atom stereocenters. The van der Waals surface area contributed by atoms with Gasteiger partial charge in [0.15, 0.2) is 5.65 Å². The number of aromatic nitrogens is 3. The van der Waals surface area contributed by atoms with Crippen LogP contribution in [0.3, 0.4) is 0 Å². The summed E-state index contributed by atoms with van der Waals surface area (Å²) in [6, 6.07) is 6.00. The van der Waals surface area contributed by atoms with Crippen LogP contribution in [0.25, 0.3) is 11.2 Å². The molecule has 0 saturated heterocycles. The molecule has 0 bridgehead atoms. The van der Waals surface area contributed by atoms with Crippen LogP contribution in [0, 0.1) is 12.7 Å². The summed E-state index contributed by atoms with van der Waals surface area (Å²) in [7, 11) is 1.86. The van der Waals surface area contributed by atoms with Gasteiger partial charge in [0.2, 0.25) is 5.88 Å². The molecule has 27 heavy (non-hydrogen) atoms. The molecular weight excluding hydrogens is 347 g/mol. The molecule has 0 radical (unpaired) electrons. The zero-order chi connectivity index (χ0) is 20.1. The van der Waals surface area contributed by atoms with Crippen LogP contribution < -0.4 is 14.8 Å². The summed E-state index contributed by atoms with van der Waals surface area (Å²) in [5.41, 5.74) is 2.77. The molecule has 1 aromatic carbocycles. The topological polar surface area (TPSA) is 72.1 Å². The molecule has 7 heteroatoms. The molecule has 3 rings (SSSR count). The van der Waals surface area contributed by atoms with Gasteiger partial charge in [0.1, 0.15) is 23.7 Å². The second-order valence-electron chi connectivity index (χ2n) is 5.22. The fourth-order valence-corrected chi connectivity index (χ4v) is 2.02. The van der Waals surface area contributed by atoms with E-state index in [1.807, 2.05) is 40.9 Å². The Kier molecular flexibility index (Phi) is 10.5. The van der Waals surface area contributed by atoms with Crippen LogP contribution in [0.1, 0.15) is 26.3 Å². The Morgan fingerprint density at radius 1 is 1.15 bits per heavy atom. The Hall–Kier alpha value is -2.67. The van der Waals surface area contributed by atoms with Crippen LogP contribution in [0.15, 0.2) is 36.7 Å². The number of hydrogen-bond donors (Lipinski definition) is 2. The number of benzene rings is 1. The maximum atomic E-state index is 12.4. The summed E-state index contributed by atoms with van der Waals surface area (Å²) in [6.07, 6.45) is 3.52. The maximum Gasteiger partial charge on any atom is 0.233 e. The van der Waals surface area contributed by atoms with Gasteiger partial charge < -0.3 is 19.8 Å². The summed E-state index contributed by atoms with van der Waals surface area (Å²) in [6.45, 7) is 9.92. The number of halogens is 1. The number of aryl methyl sites for hydroxylation is 1. The molecule has 0 aliphatic heterocycles. The normalized spacial score (nSPS) is 9.70. The lowest BCUT2D eigenvalue weighted by Crippen LogP contribution is -2.15. The average Bonchev–Trinajstić information content (AvgIpc) is 3.07. The summed E-state index contributed by atoms with van der Waals surface area (Å²) >= 11 is 0. The Labute approximate surface area is 160 Å². The van der Waals surface area contributed by atoms with Crippen molar-refractivity contribution in [1.82, 2.24) is 20.3 Å². The van der Waals surface area contributed by atoms with E-state index >= 15 is 0 Å². The smallest absolute Gasteiger partial charge is 0.233 e. The first-order chi connectivity index (χ1) is 13.1. The molecule has 148 valence electrons. The van der Waals surface area contributed by atoms with E-state index in [2.05, 4.69) is 20.3 Å². The molecular formula is C20H29FN4O2. The Bertz CT molecular complexity index is 775. The van der Waals surface area contributed by atoms with Crippen LogP contribution in [0.4, 0.5) is 4.39 Å². The lowest BCUT2D eigenvalue weighted by atomic mass is 10.3. The maximum absolute atomic E-state index is 12.4. The Morgan fingerprint density at radius 3 is 2.48 bits per heavy atom. The van der Waals surface area contributed by atoms with Gasteiger partial charge in [-0.25, -0.2) is 14.4 Å². The number of nitrogens with zero attached hydrogens (tertiary/aromatic N) is 2. The van der Waals surface area contributed by atoms with Crippen molar-refractivity contribution in [1.29, 1.82) is 0 Å². The van der Waals surface area contributed by atoms with Crippen molar-refractivity contribution in [2.75, 3.05) is 26.8 Å². The molecule has 0 aliphatic rings. The minimum absolute atomic E-state index is 0.240. The van der Waals surface area contributed by atoms with Crippen molar-refractivity contribution in [3.05, 3.63) is 48.0 Å². The number of nitrogens with one attached hydrogen (secondary N) is 2. The summed E-state index contributed by atoms with van der Waals surface area (Å²) in [5, 5.41) is 2.95. The molecule has 3 aromatic rings. The van der Waals surface area contributed by atoms with E-state index in [1.165, 1.54) is 12.1 Å². The molecule has 0 saturated carbocycles. The quantitative estimate of drug-likeness (QED) is 0.633. The highest BCUT2D eigenvalue weighted by atomic mass is 19.1. The largest absolute Gasteiger partial charge is 0.492 e. The number of fused-ring (bicyclic) bond motifs is 1. The van der Waals surface area contributed by atoms with Crippen LogP contribution in [0.5, 0.6) is 11.6 Å². The Morgan fingerprint density at radius 2 is 1.85 bits per heavy atom. The molecule has 0 fully saturated rings. The van der Waals surface area contributed by atoms with E-state index in [-0.39, 0.29) is 5.82 Å². The van der Waals surface area contributed by atoms with E-state index in [1.54, 1.807) is 18.3 Å². The predicted octanol–water partition coefficient (Wildman–Crippen LogP) is 4.12. The molecule has 0 spiro atoms. The second-order valence-corrected chi connectivity index (χ2v) is 5.22. The number of aromatic amines is 1. The van der Waals surface area contributed by atoms with E-state index in [0.29, 0.717) is 24.8 Å². The lowest BCUT2D eigenvalue weighted by Gasteiger charge is -2.04. The fourth-order valence-electron chi connectivity index (χ4n) is 2.02. The summed E-state index contributed by atoms with van der Waals surface area (Å²) in [5.74, 6) is 1.04. The highest BCUT2D eigenvalue weighted by Crippen LogP contribution is 2.15. The standard InChI is InChI=1S/C9H12FNO.C9H11N3O.C2H6/c1-11-6-7-12-9-4-2-8(10)3-5-9;1-3-13-7-5-11-9-8(12-7)6(2)4-10-9;1-2/h2-5,11H,6-7H2,1H3;4-5H,3H2,1-2H3,(H,10,11);1-2H3. The number of H-pyrrole nitrogens is 1. The first kappa shape index (κ1) is 22.4. The van der Waals surface area contributed by atoms with Gasteiger partial charge in [0, 0.05) is 12.7 Å². The van der Waals surface area contributed by atoms with Gasteiger partial charge in [0.05, 0.1) is 12.8 Å². The molecule has 2 N–H and O–H groups in total. The van der Waals surface area contributed by atoms with Crippen molar-refractivity contribution in [3.8, 4) is 11.6 Å². The minimum Gasteiger partial charge on any atom is -0.492 e. The predicted molar refractivity (Wildman–Crippen MR) is 107 cm³/mol. The van der Waals surface area contributed by atoms with Gasteiger partial charge in [-0.15, -0.1) is 0 Å². The van der Waals surface area contributed by atoms with Gasteiger partial charge in [-0.05, 0) is 50.7 Å². The molecule has 2 aromatic heterocycles. The zero-order valence-electron chi connectivity index (χ0n) is 16.7. The van der Waals surface area contributed by atoms with Crippen molar-refractivity contribution < 1.29 is 13.9 Å². The van der Waals surface area contributed by atoms with Crippen molar-refractivity contribution in [2.24, 2.45) is 0 Å². The van der Waals surface area contributed by atoms with Crippen LogP contribution in [-0.2, 0) is 0 Å². The van der Waals surface area contributed by atoms with E-state index in [4.69, 9.17) is 9.47 Å². The number of hydrogen-bond acceptors (Lipinski definition) is 5. The molecule has 0 atom stereocenters. The van der Waals surface area contributed by atoms with E-state index < -0.39 is 0 Å². The number of likely N-dealkylation sites (N-methyl/N-ethyl adjacent to an activating group) is 1. The van der Waals surface area contributed by atoms with Gasteiger partial charge in [-0.3, -0.25) is 0 Å². The third-order valence-electron chi connectivity index (χ3n) is 3.28. The van der Waals surface area contributed by atoms with Crippen LogP contribution >= 0.6 is 0 Å². The number of ether oxygens (including phenoxy) is 2. The van der Waals surface area contributed by atoms with E-state index in [0.717, 1.165) is 23.3 Å². The molecule has 6 nitrogen and oxygen atoms in total. The highest BCUT2D eigenvalue weighted by Gasteiger charge is 2.03. The SMILES string of the molecule is CC.CCOc1cnc2[nH]cc(C)c2n1.CNCCOc1ccc(F)cc1. The Balaban J connectivity index is 0.000000248. The third-order valence-corrected chi connectivity index (χ3v) is 3.28. The molecule has 2 heterocycles. The molecule has 0 aliphatic carbocycles. The van der Waals surface area contributed by atoms with Gasteiger partial charge in [-0.1, -0.05) is 13.8 Å². The van der Waals surface area contributed by atoms with Crippen LogP contribution in [-0.4, -0.2) is 41.8 Å². The zero-order valence-corrected chi connectivity index (χ0v) is 16.7. The monoisotopic (exact) mass is 376 g/mol. The molecule has 0 amide bonds. The fraction of sp³-hybridized carbons (Fsp3) is 0.400. The minimum atomic E-state index is -0.240. The van der Waals surface area contributed by atoms with Crippen molar-refractivity contribution in [3.63, 3.8) is 0 Å². The van der Waals surface area contributed by atoms with Crippen molar-refractivity contribution in [2.45, 2.75) is 27.7 Å². The first-order valence-corrected chi connectivity index (χ1v) is 9.10. The first-order valence-electron chi connectivity index (χ1n) is 9.10. The van der Waals surface area contributed by atoms with Crippen LogP contribution in [0.2, 0.25) is 0 Å². The van der Waals surface area contributed by atoms with Crippen molar-refractivity contribution >= 4 is 11.2 Å². The van der Waals surface area contributed by atoms with Gasteiger partial charge in [-0.2, -0.15) is 0 Å². The number of rotatable bonds is 6. The summed E-state index contributed by atoms with van der Waals surface area (Å²) in [4.78, 5) is 11.5. The third kappa shape index (κ3) is 7.62. The highest BCUT2D eigenvalue weighted by molar-refractivity contribution is 5.74. The van der Waals surface area contributed by atoms with E-state index in [9.17, 15) is 4.39 Å². The lowest BCUT2D eigenvalue weighted by molar-refractivity contribution is 0.318. The van der Waals surface area contributed by atoms with Gasteiger partial charge >= 0.3 is 0 Å². The van der Waals surface area contributed by atoms with Gasteiger partial charge in [0.25, 0.3) is 0 Å².